The smallest absolute Gasteiger partial charge is 0.219 e. The maximum atomic E-state index is 5.99. The summed E-state index contributed by atoms with van der Waals surface area (Å²) in [7, 11) is 0. The van der Waals surface area contributed by atoms with E-state index in [0.29, 0.717) is 11.9 Å². The SMILES string of the molecule is C[C@H]1Cn2c(nc3c(N4CC5CC4C5)nc(-c4cnc(N)nc4)nc32)[C@@H](C)O1. The molecule has 0 amide bonds. The first kappa shape index (κ1) is 16.2. The Balaban J connectivity index is 1.59. The number of nitrogens with zero attached hydrogens (tertiary/aromatic N) is 7. The molecule has 4 aliphatic rings. The summed E-state index contributed by atoms with van der Waals surface area (Å²) in [4.78, 5) is 25.4. The maximum Gasteiger partial charge on any atom is 0.219 e. The van der Waals surface area contributed by atoms with Gasteiger partial charge in [-0.25, -0.2) is 24.9 Å². The summed E-state index contributed by atoms with van der Waals surface area (Å²) >= 11 is 0. The van der Waals surface area contributed by atoms with E-state index in [1.54, 1.807) is 12.4 Å². The highest BCUT2D eigenvalue weighted by Crippen LogP contribution is 2.45. The molecule has 9 heteroatoms. The molecule has 2 N–H and O–H groups in total. The number of rotatable bonds is 2. The van der Waals surface area contributed by atoms with Crippen LogP contribution < -0.4 is 10.6 Å². The molecule has 0 spiro atoms. The van der Waals surface area contributed by atoms with Crippen LogP contribution in [0, 0.1) is 5.92 Å². The molecule has 28 heavy (non-hydrogen) atoms. The van der Waals surface area contributed by atoms with E-state index in [9.17, 15) is 0 Å². The molecule has 6 heterocycles. The van der Waals surface area contributed by atoms with Crippen molar-refractivity contribution < 1.29 is 4.74 Å². The van der Waals surface area contributed by atoms with Crippen LogP contribution >= 0.6 is 0 Å². The van der Waals surface area contributed by atoms with Crippen LogP contribution in [0.4, 0.5) is 11.8 Å². The lowest BCUT2D eigenvalue weighted by molar-refractivity contribution is -0.0287. The summed E-state index contributed by atoms with van der Waals surface area (Å²) < 4.78 is 8.17. The molecule has 0 aromatic carbocycles. The minimum atomic E-state index is -0.0682. The van der Waals surface area contributed by atoms with Crippen molar-refractivity contribution in [2.75, 3.05) is 17.2 Å². The number of hydrogen-bond donors (Lipinski definition) is 1. The molecule has 2 atom stereocenters. The molecule has 3 aliphatic heterocycles. The third-order valence-corrected chi connectivity index (χ3v) is 6.15. The number of ether oxygens (including phenoxy) is 1. The zero-order valence-electron chi connectivity index (χ0n) is 15.9. The molecule has 9 nitrogen and oxygen atoms in total. The van der Waals surface area contributed by atoms with Gasteiger partial charge < -0.3 is 19.9 Å². The first-order valence-electron chi connectivity index (χ1n) is 9.85. The lowest BCUT2D eigenvalue weighted by atomic mass is 9.86. The Morgan fingerprint density at radius 1 is 1.07 bits per heavy atom. The normalized spacial score (nSPS) is 28.4. The van der Waals surface area contributed by atoms with Gasteiger partial charge in [-0.05, 0) is 32.6 Å². The highest BCUT2D eigenvalue weighted by atomic mass is 16.5. The van der Waals surface area contributed by atoms with E-state index in [0.717, 1.165) is 47.4 Å². The lowest BCUT2D eigenvalue weighted by Crippen LogP contribution is -2.29. The Bertz CT molecular complexity index is 1070. The minimum absolute atomic E-state index is 0.0682. The quantitative estimate of drug-likeness (QED) is 0.721. The molecular formula is C19H22N8O. The van der Waals surface area contributed by atoms with Gasteiger partial charge in [-0.15, -0.1) is 0 Å². The van der Waals surface area contributed by atoms with Gasteiger partial charge in [-0.3, -0.25) is 0 Å². The molecule has 0 radical (unpaired) electrons. The fourth-order valence-electron chi connectivity index (χ4n) is 4.78. The zero-order valence-corrected chi connectivity index (χ0v) is 15.9. The number of fused-ring (bicyclic) bond motifs is 4. The van der Waals surface area contributed by atoms with Crippen LogP contribution in [0.3, 0.4) is 0 Å². The summed E-state index contributed by atoms with van der Waals surface area (Å²) in [5.41, 5.74) is 8.14. The Morgan fingerprint density at radius 2 is 1.86 bits per heavy atom. The van der Waals surface area contributed by atoms with Gasteiger partial charge in [-0.1, -0.05) is 0 Å². The third-order valence-electron chi connectivity index (χ3n) is 6.15. The number of aromatic nitrogens is 6. The molecular weight excluding hydrogens is 356 g/mol. The van der Waals surface area contributed by atoms with Gasteiger partial charge in [0.25, 0.3) is 0 Å². The van der Waals surface area contributed by atoms with Crippen LogP contribution in [-0.4, -0.2) is 48.2 Å². The molecule has 1 saturated carbocycles. The third kappa shape index (κ3) is 2.25. The van der Waals surface area contributed by atoms with E-state index in [4.69, 9.17) is 25.4 Å². The second-order valence-corrected chi connectivity index (χ2v) is 8.19. The molecule has 2 bridgehead atoms. The number of anilines is 2. The van der Waals surface area contributed by atoms with Crippen molar-refractivity contribution in [2.24, 2.45) is 5.92 Å². The minimum Gasteiger partial charge on any atom is -0.368 e. The summed E-state index contributed by atoms with van der Waals surface area (Å²) in [5.74, 6) is 3.47. The van der Waals surface area contributed by atoms with Crippen molar-refractivity contribution in [3.63, 3.8) is 0 Å². The summed E-state index contributed by atoms with van der Waals surface area (Å²) in [5, 5.41) is 0. The van der Waals surface area contributed by atoms with E-state index in [-0.39, 0.29) is 18.2 Å². The van der Waals surface area contributed by atoms with Crippen molar-refractivity contribution in [1.29, 1.82) is 0 Å². The molecule has 2 saturated heterocycles. The Morgan fingerprint density at radius 3 is 2.57 bits per heavy atom. The first-order chi connectivity index (χ1) is 13.6. The van der Waals surface area contributed by atoms with E-state index in [2.05, 4.69) is 26.4 Å². The van der Waals surface area contributed by atoms with Gasteiger partial charge >= 0.3 is 0 Å². The Labute approximate surface area is 162 Å². The number of imidazole rings is 1. The van der Waals surface area contributed by atoms with Crippen LogP contribution in [0.1, 0.15) is 38.6 Å². The maximum absolute atomic E-state index is 5.99. The second kappa shape index (κ2) is 5.60. The summed E-state index contributed by atoms with van der Waals surface area (Å²) in [6.07, 6.45) is 5.90. The van der Waals surface area contributed by atoms with Crippen molar-refractivity contribution in [1.82, 2.24) is 29.5 Å². The lowest BCUT2D eigenvalue weighted by Gasteiger charge is -2.27. The van der Waals surface area contributed by atoms with Crippen LogP contribution in [0.5, 0.6) is 0 Å². The van der Waals surface area contributed by atoms with E-state index >= 15 is 0 Å². The largest absolute Gasteiger partial charge is 0.368 e. The van der Waals surface area contributed by atoms with Crippen molar-refractivity contribution in [3.8, 4) is 11.4 Å². The van der Waals surface area contributed by atoms with Gasteiger partial charge in [0.1, 0.15) is 11.9 Å². The number of hydrogen-bond acceptors (Lipinski definition) is 8. The highest BCUT2D eigenvalue weighted by molar-refractivity contribution is 5.87. The van der Waals surface area contributed by atoms with Gasteiger partial charge in [-0.2, -0.15) is 0 Å². The monoisotopic (exact) mass is 378 g/mol. The molecule has 1 aliphatic carbocycles. The fraction of sp³-hybridized carbons (Fsp3) is 0.526. The van der Waals surface area contributed by atoms with Crippen LogP contribution in [0.25, 0.3) is 22.6 Å². The zero-order chi connectivity index (χ0) is 19.0. The van der Waals surface area contributed by atoms with Gasteiger partial charge in [0, 0.05) is 25.0 Å². The number of nitrogens with two attached hydrogens (primary N) is 1. The van der Waals surface area contributed by atoms with Crippen LogP contribution in [0.2, 0.25) is 0 Å². The molecule has 7 rings (SSSR count). The second-order valence-electron chi connectivity index (χ2n) is 8.19. The van der Waals surface area contributed by atoms with Crippen molar-refractivity contribution in [2.45, 2.75) is 51.5 Å². The topological polar surface area (TPSA) is 108 Å². The summed E-state index contributed by atoms with van der Waals surface area (Å²) in [6.45, 7) is 5.90. The predicted octanol–water partition coefficient (Wildman–Crippen LogP) is 1.94. The average Bonchev–Trinajstić information content (AvgIpc) is 3.34. The van der Waals surface area contributed by atoms with Crippen molar-refractivity contribution >= 4 is 22.9 Å². The molecule has 0 unspecified atom stereocenters. The van der Waals surface area contributed by atoms with Crippen LogP contribution in [-0.2, 0) is 11.3 Å². The van der Waals surface area contributed by atoms with Gasteiger partial charge in [0.15, 0.2) is 22.8 Å². The average molecular weight is 378 g/mol. The standard InChI is InChI=1S/C19H22N8O/c1-9-7-27-16(10(2)28-9)23-14-17(26-8-11-3-13(26)4-11)24-15(25-18(14)27)12-5-21-19(20)22-6-12/h5-6,9-11,13H,3-4,7-8H2,1-2H3,(H2,20,21,22)/t9-,10+,11?,13?/m0/s1. The molecule has 3 aromatic rings. The Kier molecular flexibility index (Phi) is 3.24. The van der Waals surface area contributed by atoms with E-state index in [1.165, 1.54) is 12.8 Å². The Hall–Kier alpha value is -2.81. The highest BCUT2D eigenvalue weighted by Gasteiger charge is 2.44. The summed E-state index contributed by atoms with van der Waals surface area (Å²) in [6, 6.07) is 0.560. The number of nitrogen functional groups attached to an aromatic ring is 1. The predicted molar refractivity (Wildman–Crippen MR) is 104 cm³/mol. The molecule has 3 aromatic heterocycles. The first-order valence-corrected chi connectivity index (χ1v) is 9.85. The molecule has 144 valence electrons. The molecule has 3 fully saturated rings. The fourth-order valence-corrected chi connectivity index (χ4v) is 4.78. The van der Waals surface area contributed by atoms with E-state index in [1.807, 2.05) is 6.92 Å². The van der Waals surface area contributed by atoms with Crippen LogP contribution in [0.15, 0.2) is 12.4 Å². The van der Waals surface area contributed by atoms with E-state index < -0.39 is 0 Å². The van der Waals surface area contributed by atoms with Gasteiger partial charge in [0.05, 0.1) is 18.2 Å². The van der Waals surface area contributed by atoms with Crippen molar-refractivity contribution in [3.05, 3.63) is 18.2 Å². The van der Waals surface area contributed by atoms with Gasteiger partial charge in [0.2, 0.25) is 5.95 Å².